The summed E-state index contributed by atoms with van der Waals surface area (Å²) in [6.45, 7) is 2.14. The van der Waals surface area contributed by atoms with Crippen molar-refractivity contribution in [3.8, 4) is 22.5 Å². The summed E-state index contributed by atoms with van der Waals surface area (Å²) in [5, 5.41) is 9.39. The molecule has 0 amide bonds. The molecular formula is C49H30N2O2. The van der Waals surface area contributed by atoms with Crippen molar-refractivity contribution in [2.75, 3.05) is 0 Å². The van der Waals surface area contributed by atoms with Crippen LogP contribution in [0.15, 0.2) is 173 Å². The van der Waals surface area contributed by atoms with Gasteiger partial charge in [0.1, 0.15) is 22.3 Å². The molecule has 0 spiro atoms. The molecule has 53 heavy (non-hydrogen) atoms. The van der Waals surface area contributed by atoms with Crippen LogP contribution < -0.4 is 0 Å². The number of para-hydroxylation sites is 3. The van der Waals surface area contributed by atoms with Crippen molar-refractivity contribution in [2.24, 2.45) is 0 Å². The molecule has 0 bridgehead atoms. The molecule has 12 rings (SSSR count). The smallest absolute Gasteiger partial charge is 0.137 e. The second-order valence-electron chi connectivity index (χ2n) is 14.2. The maximum absolute atomic E-state index is 6.43. The van der Waals surface area contributed by atoms with Crippen molar-refractivity contribution in [3.05, 3.63) is 169 Å². The van der Waals surface area contributed by atoms with E-state index in [-0.39, 0.29) is 0 Å². The number of hydrogen-bond donors (Lipinski definition) is 0. The largest absolute Gasteiger partial charge is 0.456 e. The molecule has 0 aliphatic carbocycles. The Bertz CT molecular complexity index is 3450. The predicted molar refractivity (Wildman–Crippen MR) is 220 cm³/mol. The Morgan fingerprint density at radius 1 is 0.321 bits per heavy atom. The molecule has 0 saturated heterocycles. The Balaban J connectivity index is 1.13. The van der Waals surface area contributed by atoms with E-state index in [1.165, 1.54) is 43.8 Å². The zero-order valence-corrected chi connectivity index (χ0v) is 28.8. The van der Waals surface area contributed by atoms with Gasteiger partial charge in [-0.25, -0.2) is 0 Å². The van der Waals surface area contributed by atoms with E-state index < -0.39 is 0 Å². The molecular weight excluding hydrogens is 649 g/mol. The van der Waals surface area contributed by atoms with Crippen molar-refractivity contribution in [1.29, 1.82) is 0 Å². The molecule has 0 aliphatic heterocycles. The van der Waals surface area contributed by atoms with Gasteiger partial charge in [-0.05, 0) is 96.9 Å². The van der Waals surface area contributed by atoms with Crippen molar-refractivity contribution in [1.82, 2.24) is 9.13 Å². The Kier molecular flexibility index (Phi) is 5.67. The number of furan rings is 2. The lowest BCUT2D eigenvalue weighted by Gasteiger charge is -2.09. The normalized spacial score (nSPS) is 12.2. The summed E-state index contributed by atoms with van der Waals surface area (Å²) in [6, 6.07) is 58.9. The van der Waals surface area contributed by atoms with Crippen LogP contribution in [-0.4, -0.2) is 9.13 Å². The second-order valence-corrected chi connectivity index (χ2v) is 14.2. The van der Waals surface area contributed by atoms with Crippen molar-refractivity contribution >= 4 is 87.5 Å². The first-order valence-corrected chi connectivity index (χ1v) is 18.1. The minimum absolute atomic E-state index is 0.897. The van der Waals surface area contributed by atoms with Crippen LogP contribution in [0, 0.1) is 6.92 Å². The fourth-order valence-corrected chi connectivity index (χ4v) is 8.71. The number of hydrogen-bond acceptors (Lipinski definition) is 2. The number of nitrogens with zero attached hydrogens (tertiary/aromatic N) is 2. The molecule has 4 nitrogen and oxygen atoms in total. The highest BCUT2D eigenvalue weighted by Crippen LogP contribution is 2.42. The first kappa shape index (κ1) is 28.6. The number of aryl methyl sites for hydroxylation is 1. The van der Waals surface area contributed by atoms with Gasteiger partial charge >= 0.3 is 0 Å². The molecule has 0 fully saturated rings. The lowest BCUT2D eigenvalue weighted by atomic mass is 9.99. The highest BCUT2D eigenvalue weighted by atomic mass is 16.3. The first-order valence-electron chi connectivity index (χ1n) is 18.1. The van der Waals surface area contributed by atoms with E-state index in [4.69, 9.17) is 8.83 Å². The van der Waals surface area contributed by atoms with Crippen LogP contribution in [0.5, 0.6) is 0 Å². The molecule has 0 saturated carbocycles. The zero-order chi connectivity index (χ0) is 34.8. The Hall–Kier alpha value is -7.04. The number of benzene rings is 8. The van der Waals surface area contributed by atoms with E-state index in [9.17, 15) is 0 Å². The monoisotopic (exact) mass is 678 g/mol. The molecule has 0 unspecified atom stereocenters. The van der Waals surface area contributed by atoms with Crippen LogP contribution in [0.1, 0.15) is 5.56 Å². The third-order valence-corrected chi connectivity index (χ3v) is 11.1. The average molecular weight is 679 g/mol. The number of fused-ring (bicyclic) bond motifs is 12. The van der Waals surface area contributed by atoms with Crippen LogP contribution >= 0.6 is 0 Å². The van der Waals surface area contributed by atoms with Crippen LogP contribution in [-0.2, 0) is 0 Å². The van der Waals surface area contributed by atoms with Gasteiger partial charge in [-0.15, -0.1) is 0 Å². The van der Waals surface area contributed by atoms with Crippen LogP contribution in [0.25, 0.3) is 110 Å². The van der Waals surface area contributed by atoms with Gasteiger partial charge in [0.25, 0.3) is 0 Å². The highest BCUT2D eigenvalue weighted by Gasteiger charge is 2.20. The molecule has 0 radical (unpaired) electrons. The second kappa shape index (κ2) is 10.5. The van der Waals surface area contributed by atoms with E-state index in [2.05, 4.69) is 168 Å². The molecule has 4 aromatic heterocycles. The fourth-order valence-electron chi connectivity index (χ4n) is 8.71. The van der Waals surface area contributed by atoms with Gasteiger partial charge in [0.05, 0.1) is 22.1 Å². The first-order chi connectivity index (χ1) is 26.2. The number of aromatic nitrogens is 2. The Morgan fingerprint density at radius 2 is 0.792 bits per heavy atom. The summed E-state index contributed by atoms with van der Waals surface area (Å²) in [7, 11) is 0. The Morgan fingerprint density at radius 3 is 1.38 bits per heavy atom. The highest BCUT2D eigenvalue weighted by molar-refractivity contribution is 6.20. The lowest BCUT2D eigenvalue weighted by molar-refractivity contribution is 0.669. The molecule has 4 heteroatoms. The van der Waals surface area contributed by atoms with Crippen LogP contribution in [0.2, 0.25) is 0 Å². The van der Waals surface area contributed by atoms with Gasteiger partial charge in [-0.1, -0.05) is 78.4 Å². The van der Waals surface area contributed by atoms with Crippen LogP contribution in [0.4, 0.5) is 0 Å². The summed E-state index contributed by atoms with van der Waals surface area (Å²) in [5.41, 5.74) is 14.0. The van der Waals surface area contributed by atoms with Gasteiger partial charge < -0.3 is 18.0 Å². The molecule has 0 aliphatic rings. The van der Waals surface area contributed by atoms with Gasteiger partial charge in [0.2, 0.25) is 0 Å². The van der Waals surface area contributed by atoms with E-state index >= 15 is 0 Å². The SMILES string of the molecule is Cc1ccc2oc3cc4c(cc3c2c1)c1cc(-c2ccc3c(c2)c2cc5c(cc2n3-c2ccccc2)oc2ccccc25)ccc1n4-c1ccccc1. The molecule has 248 valence electrons. The summed E-state index contributed by atoms with van der Waals surface area (Å²) >= 11 is 0. The van der Waals surface area contributed by atoms with Gasteiger partial charge in [-0.3, -0.25) is 0 Å². The quantitative estimate of drug-likeness (QED) is 0.186. The third kappa shape index (κ3) is 4.06. The predicted octanol–water partition coefficient (Wildman–Crippen LogP) is 13.7. The van der Waals surface area contributed by atoms with Crippen molar-refractivity contribution in [3.63, 3.8) is 0 Å². The average Bonchev–Trinajstić information content (AvgIpc) is 3.93. The minimum Gasteiger partial charge on any atom is -0.456 e. The van der Waals surface area contributed by atoms with Crippen LogP contribution in [0.3, 0.4) is 0 Å². The van der Waals surface area contributed by atoms with E-state index in [1.807, 2.05) is 12.1 Å². The van der Waals surface area contributed by atoms with E-state index in [1.54, 1.807) is 0 Å². The standard InChI is InChI=1S/C49H30N2O2/c1-29-16-21-47-39(22-29)41-26-38-36-24-31(18-20-43(36)51(33-12-6-3-7-13-33)45(38)28-49(41)53-47)30-17-19-42-35(23-30)37-25-40-34-14-8-9-15-46(34)52-48(40)27-44(37)50(42)32-10-4-2-5-11-32/h2-28H,1H3. The molecule has 8 aromatic carbocycles. The molecule has 0 atom stereocenters. The summed E-state index contributed by atoms with van der Waals surface area (Å²) < 4.78 is 17.5. The Labute approximate surface area is 303 Å². The van der Waals surface area contributed by atoms with Gasteiger partial charge in [-0.2, -0.15) is 0 Å². The van der Waals surface area contributed by atoms with Gasteiger partial charge in [0.15, 0.2) is 0 Å². The summed E-state index contributed by atoms with van der Waals surface area (Å²) in [5.74, 6) is 0. The van der Waals surface area contributed by atoms with E-state index in [0.717, 1.165) is 71.8 Å². The molecule has 4 heterocycles. The lowest BCUT2D eigenvalue weighted by Crippen LogP contribution is -1.93. The third-order valence-electron chi connectivity index (χ3n) is 11.1. The van der Waals surface area contributed by atoms with E-state index in [0.29, 0.717) is 0 Å². The number of rotatable bonds is 3. The molecule has 0 N–H and O–H groups in total. The van der Waals surface area contributed by atoms with Crippen molar-refractivity contribution in [2.45, 2.75) is 6.92 Å². The maximum Gasteiger partial charge on any atom is 0.137 e. The fraction of sp³-hybridized carbons (Fsp3) is 0.0204. The topological polar surface area (TPSA) is 36.1 Å². The molecule has 12 aromatic rings. The summed E-state index contributed by atoms with van der Waals surface area (Å²) in [6.07, 6.45) is 0. The van der Waals surface area contributed by atoms with Crippen molar-refractivity contribution < 1.29 is 8.83 Å². The minimum atomic E-state index is 0.897. The summed E-state index contributed by atoms with van der Waals surface area (Å²) in [4.78, 5) is 0. The maximum atomic E-state index is 6.43. The zero-order valence-electron chi connectivity index (χ0n) is 28.8. The van der Waals surface area contributed by atoms with Gasteiger partial charge in [0, 0.05) is 66.6 Å².